The van der Waals surface area contributed by atoms with Gasteiger partial charge >= 0.3 is 0 Å². The van der Waals surface area contributed by atoms with Crippen molar-refractivity contribution in [2.45, 2.75) is 0 Å². The van der Waals surface area contributed by atoms with E-state index in [-0.39, 0.29) is 11.8 Å². The van der Waals surface area contributed by atoms with Crippen LogP contribution in [0.3, 0.4) is 0 Å². The maximum atomic E-state index is 12.2. The Balaban J connectivity index is 1.53. The Labute approximate surface area is 145 Å². The lowest BCUT2D eigenvalue weighted by Crippen LogP contribution is -2.50. The number of nitrogens with zero attached hydrogens (tertiary/aromatic N) is 2. The van der Waals surface area contributed by atoms with Crippen molar-refractivity contribution in [2.75, 3.05) is 26.2 Å². The van der Waals surface area contributed by atoms with E-state index in [2.05, 4.69) is 0 Å². The van der Waals surface area contributed by atoms with Crippen LogP contribution < -0.4 is 0 Å². The van der Waals surface area contributed by atoms with E-state index in [9.17, 15) is 9.59 Å². The summed E-state index contributed by atoms with van der Waals surface area (Å²) in [5.74, 6) is 0.135. The lowest BCUT2D eigenvalue weighted by molar-refractivity contribution is -0.127. The number of carbonyl (C=O) groups excluding carboxylic acids is 2. The van der Waals surface area contributed by atoms with Crippen molar-refractivity contribution in [3.05, 3.63) is 65.1 Å². The molecule has 0 bridgehead atoms. The highest BCUT2D eigenvalue weighted by Gasteiger charge is 2.25. The standard InChI is InChI=1S/C18H17ClN2O3/c19-15-6-3-14(4-7-15)5-8-17(22)20-9-11-21(12-10-20)18(23)16-2-1-13-24-16/h1-8,13H,9-12H2/b8-5+. The minimum absolute atomic E-state index is 0.0601. The lowest BCUT2D eigenvalue weighted by atomic mass is 10.2. The number of carbonyl (C=O) groups is 2. The second-order valence-electron chi connectivity index (χ2n) is 5.48. The Kier molecular flexibility index (Phi) is 5.01. The smallest absolute Gasteiger partial charge is 0.289 e. The lowest BCUT2D eigenvalue weighted by Gasteiger charge is -2.33. The maximum absolute atomic E-state index is 12.2. The van der Waals surface area contributed by atoms with Crippen LogP contribution in [0.4, 0.5) is 0 Å². The summed E-state index contributed by atoms with van der Waals surface area (Å²) in [7, 11) is 0. The van der Waals surface area contributed by atoms with Crippen molar-refractivity contribution in [3.8, 4) is 0 Å². The molecule has 124 valence electrons. The fourth-order valence-corrected chi connectivity index (χ4v) is 2.66. The van der Waals surface area contributed by atoms with Gasteiger partial charge in [0.1, 0.15) is 0 Å². The molecule has 0 N–H and O–H groups in total. The van der Waals surface area contributed by atoms with E-state index in [1.807, 2.05) is 12.1 Å². The number of hydrogen-bond acceptors (Lipinski definition) is 3. The van der Waals surface area contributed by atoms with Crippen molar-refractivity contribution in [2.24, 2.45) is 0 Å². The molecule has 1 saturated heterocycles. The summed E-state index contributed by atoms with van der Waals surface area (Å²) < 4.78 is 5.13. The predicted molar refractivity (Wildman–Crippen MR) is 91.7 cm³/mol. The summed E-state index contributed by atoms with van der Waals surface area (Å²) in [6.45, 7) is 2.02. The molecular formula is C18H17ClN2O3. The van der Waals surface area contributed by atoms with Crippen LogP contribution in [0.15, 0.2) is 53.2 Å². The van der Waals surface area contributed by atoms with Crippen LogP contribution in [0.2, 0.25) is 5.02 Å². The van der Waals surface area contributed by atoms with Crippen LogP contribution in [-0.4, -0.2) is 47.8 Å². The summed E-state index contributed by atoms with van der Waals surface area (Å²) in [5, 5.41) is 0.663. The third-order valence-corrected chi connectivity index (χ3v) is 4.15. The fourth-order valence-electron chi connectivity index (χ4n) is 2.53. The summed E-state index contributed by atoms with van der Waals surface area (Å²) in [4.78, 5) is 27.8. The van der Waals surface area contributed by atoms with Crippen LogP contribution in [0.25, 0.3) is 6.08 Å². The van der Waals surface area contributed by atoms with Gasteiger partial charge < -0.3 is 14.2 Å². The minimum Gasteiger partial charge on any atom is -0.459 e. The minimum atomic E-state index is -0.135. The van der Waals surface area contributed by atoms with Gasteiger partial charge in [-0.15, -0.1) is 0 Å². The van der Waals surface area contributed by atoms with Crippen molar-refractivity contribution in [3.63, 3.8) is 0 Å². The first-order valence-electron chi connectivity index (χ1n) is 7.69. The van der Waals surface area contributed by atoms with Crippen molar-refractivity contribution < 1.29 is 14.0 Å². The number of piperazine rings is 1. The first-order chi connectivity index (χ1) is 11.6. The molecule has 2 aromatic rings. The topological polar surface area (TPSA) is 53.8 Å². The van der Waals surface area contributed by atoms with Gasteiger partial charge in [0.2, 0.25) is 5.91 Å². The first-order valence-corrected chi connectivity index (χ1v) is 8.06. The molecule has 5 nitrogen and oxygen atoms in total. The van der Waals surface area contributed by atoms with Crippen LogP contribution in [0.5, 0.6) is 0 Å². The summed E-state index contributed by atoms with van der Waals surface area (Å²) >= 11 is 5.83. The molecule has 0 saturated carbocycles. The molecule has 0 atom stereocenters. The van der Waals surface area contributed by atoms with Gasteiger partial charge in [0.15, 0.2) is 5.76 Å². The highest BCUT2D eigenvalue weighted by Crippen LogP contribution is 2.12. The molecule has 2 amide bonds. The number of amides is 2. The summed E-state index contributed by atoms with van der Waals surface area (Å²) in [6, 6.07) is 10.6. The zero-order chi connectivity index (χ0) is 16.9. The zero-order valence-corrected chi connectivity index (χ0v) is 13.8. The Morgan fingerprint density at radius 3 is 2.29 bits per heavy atom. The van der Waals surface area contributed by atoms with Crippen LogP contribution in [-0.2, 0) is 4.79 Å². The van der Waals surface area contributed by atoms with Crippen LogP contribution in [0.1, 0.15) is 16.1 Å². The Hall–Kier alpha value is -2.53. The third kappa shape index (κ3) is 3.86. The van der Waals surface area contributed by atoms with Crippen LogP contribution >= 0.6 is 11.6 Å². The predicted octanol–water partition coefficient (Wildman–Crippen LogP) is 2.93. The van der Waals surface area contributed by atoms with Gasteiger partial charge in [-0.2, -0.15) is 0 Å². The molecule has 0 aliphatic carbocycles. The molecule has 1 aromatic carbocycles. The normalized spacial score (nSPS) is 15.0. The molecular weight excluding hydrogens is 328 g/mol. The van der Waals surface area contributed by atoms with Crippen molar-refractivity contribution in [1.82, 2.24) is 9.80 Å². The molecule has 24 heavy (non-hydrogen) atoms. The summed E-state index contributed by atoms with van der Waals surface area (Å²) in [5.41, 5.74) is 0.916. The van der Waals surface area contributed by atoms with E-state index in [0.717, 1.165) is 5.56 Å². The summed E-state index contributed by atoms with van der Waals surface area (Å²) in [6.07, 6.45) is 4.79. The molecule has 0 radical (unpaired) electrons. The molecule has 0 unspecified atom stereocenters. The van der Waals surface area contributed by atoms with E-state index in [1.165, 1.54) is 6.26 Å². The van der Waals surface area contributed by atoms with Gasteiger partial charge in [0.25, 0.3) is 5.91 Å². The Bertz CT molecular complexity index is 730. The molecule has 1 aliphatic heterocycles. The molecule has 2 heterocycles. The zero-order valence-electron chi connectivity index (χ0n) is 13.0. The molecule has 0 spiro atoms. The van der Waals surface area contributed by atoms with E-state index in [4.69, 9.17) is 16.0 Å². The Morgan fingerprint density at radius 1 is 1.00 bits per heavy atom. The number of hydrogen-bond donors (Lipinski definition) is 0. The van der Waals surface area contributed by atoms with E-state index >= 15 is 0 Å². The van der Waals surface area contributed by atoms with Gasteiger partial charge in [0, 0.05) is 37.3 Å². The largest absolute Gasteiger partial charge is 0.459 e. The quantitative estimate of drug-likeness (QED) is 0.804. The van der Waals surface area contributed by atoms with Gasteiger partial charge in [0.05, 0.1) is 6.26 Å². The molecule has 1 aromatic heterocycles. The van der Waals surface area contributed by atoms with Gasteiger partial charge in [-0.25, -0.2) is 0 Å². The first kappa shape index (κ1) is 16.3. The van der Waals surface area contributed by atoms with Gasteiger partial charge in [-0.1, -0.05) is 23.7 Å². The van der Waals surface area contributed by atoms with E-state index in [1.54, 1.807) is 46.2 Å². The second-order valence-corrected chi connectivity index (χ2v) is 5.92. The van der Waals surface area contributed by atoms with Gasteiger partial charge in [-0.3, -0.25) is 9.59 Å². The van der Waals surface area contributed by atoms with E-state index < -0.39 is 0 Å². The highest BCUT2D eigenvalue weighted by atomic mass is 35.5. The van der Waals surface area contributed by atoms with E-state index in [0.29, 0.717) is 37.0 Å². The third-order valence-electron chi connectivity index (χ3n) is 3.90. The molecule has 6 heteroatoms. The van der Waals surface area contributed by atoms with Gasteiger partial charge in [-0.05, 0) is 35.9 Å². The number of rotatable bonds is 3. The number of halogens is 1. The number of furan rings is 1. The van der Waals surface area contributed by atoms with Crippen LogP contribution in [0, 0.1) is 0 Å². The van der Waals surface area contributed by atoms with Crippen molar-refractivity contribution in [1.29, 1.82) is 0 Å². The molecule has 1 aliphatic rings. The Morgan fingerprint density at radius 2 is 1.67 bits per heavy atom. The molecule has 3 rings (SSSR count). The fraction of sp³-hybridized carbons (Fsp3) is 0.222. The second kappa shape index (κ2) is 7.36. The maximum Gasteiger partial charge on any atom is 0.289 e. The highest BCUT2D eigenvalue weighted by molar-refractivity contribution is 6.30. The molecule has 1 fully saturated rings. The average Bonchev–Trinajstić information content (AvgIpc) is 3.15. The number of benzene rings is 1. The monoisotopic (exact) mass is 344 g/mol. The van der Waals surface area contributed by atoms with Crippen molar-refractivity contribution >= 4 is 29.5 Å². The SMILES string of the molecule is O=C(/C=C/c1ccc(Cl)cc1)N1CCN(C(=O)c2ccco2)CC1. The average molecular weight is 345 g/mol.